The van der Waals surface area contributed by atoms with Crippen molar-refractivity contribution < 1.29 is 9.72 Å². The number of nitrogens with zero attached hydrogens (tertiary/aromatic N) is 2. The predicted molar refractivity (Wildman–Crippen MR) is 81.9 cm³/mol. The number of hydrogen-bond donors (Lipinski definition) is 1. The number of carbonyl (C=O) groups is 1. The molecule has 0 aromatic heterocycles. The molecule has 1 amide bonds. The van der Waals surface area contributed by atoms with Crippen LogP contribution in [0, 0.1) is 17.0 Å². The van der Waals surface area contributed by atoms with Crippen molar-refractivity contribution in [2.24, 2.45) is 0 Å². The van der Waals surface area contributed by atoms with Crippen molar-refractivity contribution in [1.82, 2.24) is 5.32 Å². The largest absolute Gasteiger partial charge is 0.368 e. The summed E-state index contributed by atoms with van der Waals surface area (Å²) in [5, 5.41) is 14.1. The van der Waals surface area contributed by atoms with Crippen molar-refractivity contribution in [3.05, 3.63) is 32.8 Å². The standard InChI is InChI=1S/C14H18ClN3O3/c1-9-6-12(18(20)21)7-13(15)14(9)17-5-3-4-11(8-17)16-10(2)19/h6-7,11H,3-5,8H2,1-2H3,(H,16,19). The number of rotatable bonds is 3. The predicted octanol–water partition coefficient (Wildman–Crippen LogP) is 2.66. The van der Waals surface area contributed by atoms with E-state index >= 15 is 0 Å². The first-order chi connectivity index (χ1) is 9.88. The fourth-order valence-corrected chi connectivity index (χ4v) is 3.19. The summed E-state index contributed by atoms with van der Waals surface area (Å²) in [4.78, 5) is 23.7. The maximum atomic E-state index is 11.2. The number of nitro benzene ring substituents is 1. The minimum absolute atomic E-state index is 0.00308. The van der Waals surface area contributed by atoms with E-state index in [-0.39, 0.29) is 17.6 Å². The minimum Gasteiger partial charge on any atom is -0.368 e. The van der Waals surface area contributed by atoms with Crippen LogP contribution in [-0.4, -0.2) is 30.0 Å². The number of halogens is 1. The van der Waals surface area contributed by atoms with Gasteiger partial charge in [0.25, 0.3) is 5.69 Å². The Morgan fingerprint density at radius 3 is 2.81 bits per heavy atom. The number of benzene rings is 1. The third-order valence-corrected chi connectivity index (χ3v) is 3.88. The van der Waals surface area contributed by atoms with Crippen LogP contribution in [0.2, 0.25) is 5.02 Å². The second-order valence-electron chi connectivity index (χ2n) is 5.34. The minimum atomic E-state index is -0.445. The van der Waals surface area contributed by atoms with Crippen LogP contribution >= 0.6 is 11.6 Å². The smallest absolute Gasteiger partial charge is 0.271 e. The Bertz CT molecular complexity index is 554. The third-order valence-electron chi connectivity index (χ3n) is 3.59. The second-order valence-corrected chi connectivity index (χ2v) is 5.74. The lowest BCUT2D eigenvalue weighted by molar-refractivity contribution is -0.384. The van der Waals surface area contributed by atoms with Crippen LogP contribution in [0.1, 0.15) is 25.3 Å². The van der Waals surface area contributed by atoms with Gasteiger partial charge >= 0.3 is 0 Å². The molecule has 0 radical (unpaired) electrons. The van der Waals surface area contributed by atoms with Crippen LogP contribution in [0.15, 0.2) is 12.1 Å². The van der Waals surface area contributed by atoms with E-state index in [4.69, 9.17) is 11.6 Å². The molecule has 6 nitrogen and oxygen atoms in total. The average Bonchev–Trinajstić information content (AvgIpc) is 2.37. The van der Waals surface area contributed by atoms with Crippen molar-refractivity contribution in [2.75, 3.05) is 18.0 Å². The number of carbonyl (C=O) groups excluding carboxylic acids is 1. The van der Waals surface area contributed by atoms with E-state index in [1.54, 1.807) is 0 Å². The first kappa shape index (κ1) is 15.6. The summed E-state index contributed by atoms with van der Waals surface area (Å²) >= 11 is 6.23. The molecule has 1 fully saturated rings. The number of piperidine rings is 1. The molecule has 1 aliphatic rings. The maximum absolute atomic E-state index is 11.2. The summed E-state index contributed by atoms with van der Waals surface area (Å²) in [5.41, 5.74) is 1.59. The first-order valence-electron chi connectivity index (χ1n) is 6.85. The number of anilines is 1. The lowest BCUT2D eigenvalue weighted by Gasteiger charge is -2.35. The van der Waals surface area contributed by atoms with Crippen molar-refractivity contribution >= 4 is 28.9 Å². The molecule has 0 bridgehead atoms. The van der Waals surface area contributed by atoms with E-state index in [2.05, 4.69) is 10.2 Å². The van der Waals surface area contributed by atoms with Gasteiger partial charge in [-0.1, -0.05) is 11.6 Å². The average molecular weight is 312 g/mol. The Hall–Kier alpha value is -1.82. The molecule has 2 rings (SSSR count). The molecule has 0 spiro atoms. The van der Waals surface area contributed by atoms with Crippen LogP contribution in [0.4, 0.5) is 11.4 Å². The zero-order valence-electron chi connectivity index (χ0n) is 12.1. The van der Waals surface area contributed by atoms with Gasteiger partial charge in [-0.3, -0.25) is 14.9 Å². The van der Waals surface area contributed by atoms with Gasteiger partial charge in [0.1, 0.15) is 0 Å². The van der Waals surface area contributed by atoms with Crippen molar-refractivity contribution in [3.63, 3.8) is 0 Å². The Labute approximate surface area is 128 Å². The van der Waals surface area contributed by atoms with Crippen molar-refractivity contribution in [1.29, 1.82) is 0 Å². The van der Waals surface area contributed by atoms with Gasteiger partial charge < -0.3 is 10.2 Å². The SMILES string of the molecule is CC(=O)NC1CCCN(c2c(C)cc([N+](=O)[O-])cc2Cl)C1. The highest BCUT2D eigenvalue weighted by Crippen LogP contribution is 2.35. The number of non-ortho nitro benzene ring substituents is 1. The van der Waals surface area contributed by atoms with E-state index in [0.29, 0.717) is 11.6 Å². The van der Waals surface area contributed by atoms with E-state index in [1.165, 1.54) is 19.1 Å². The maximum Gasteiger partial charge on any atom is 0.271 e. The van der Waals surface area contributed by atoms with E-state index in [9.17, 15) is 14.9 Å². The molecule has 7 heteroatoms. The number of nitrogens with one attached hydrogen (secondary N) is 1. The van der Waals surface area contributed by atoms with Crippen LogP contribution in [0.3, 0.4) is 0 Å². The highest BCUT2D eigenvalue weighted by atomic mass is 35.5. The molecule has 0 saturated carbocycles. The monoisotopic (exact) mass is 311 g/mol. The highest BCUT2D eigenvalue weighted by Gasteiger charge is 2.24. The molecule has 0 aliphatic carbocycles. The quantitative estimate of drug-likeness (QED) is 0.688. The van der Waals surface area contributed by atoms with Crippen molar-refractivity contribution in [3.8, 4) is 0 Å². The Kier molecular flexibility index (Phi) is 4.67. The number of amides is 1. The highest BCUT2D eigenvalue weighted by molar-refractivity contribution is 6.33. The van der Waals surface area contributed by atoms with Crippen LogP contribution in [0.25, 0.3) is 0 Å². The van der Waals surface area contributed by atoms with Gasteiger partial charge in [0, 0.05) is 38.2 Å². The molecule has 1 aromatic rings. The van der Waals surface area contributed by atoms with Gasteiger partial charge in [-0.15, -0.1) is 0 Å². The molecular weight excluding hydrogens is 294 g/mol. The summed E-state index contributed by atoms with van der Waals surface area (Å²) in [6.07, 6.45) is 1.87. The number of aryl methyl sites for hydroxylation is 1. The van der Waals surface area contributed by atoms with Crippen LogP contribution in [0.5, 0.6) is 0 Å². The van der Waals surface area contributed by atoms with Gasteiger partial charge in [0.15, 0.2) is 0 Å². The molecule has 1 unspecified atom stereocenters. The molecule has 1 atom stereocenters. The molecule has 1 heterocycles. The molecule has 1 aromatic carbocycles. The fourth-order valence-electron chi connectivity index (χ4n) is 2.81. The topological polar surface area (TPSA) is 75.5 Å². The van der Waals surface area contributed by atoms with Gasteiger partial charge in [0.2, 0.25) is 5.91 Å². The summed E-state index contributed by atoms with van der Waals surface area (Å²) < 4.78 is 0. The van der Waals surface area contributed by atoms with Crippen molar-refractivity contribution in [2.45, 2.75) is 32.7 Å². The van der Waals surface area contributed by atoms with Crippen LogP contribution in [-0.2, 0) is 4.79 Å². The van der Waals surface area contributed by atoms with E-state index < -0.39 is 4.92 Å². The van der Waals surface area contributed by atoms with Gasteiger partial charge in [-0.2, -0.15) is 0 Å². The summed E-state index contributed by atoms with van der Waals surface area (Å²) in [6.45, 7) is 4.81. The molecular formula is C14H18ClN3O3. The molecule has 1 aliphatic heterocycles. The lowest BCUT2D eigenvalue weighted by Crippen LogP contribution is -2.47. The van der Waals surface area contributed by atoms with Gasteiger partial charge in [-0.05, 0) is 25.3 Å². The van der Waals surface area contributed by atoms with Gasteiger partial charge in [0.05, 0.1) is 15.6 Å². The zero-order valence-corrected chi connectivity index (χ0v) is 12.8. The fraction of sp³-hybridized carbons (Fsp3) is 0.500. The number of nitro groups is 1. The second kappa shape index (κ2) is 6.30. The number of hydrogen-bond acceptors (Lipinski definition) is 4. The molecule has 1 saturated heterocycles. The lowest BCUT2D eigenvalue weighted by atomic mass is 10.0. The Balaban J connectivity index is 2.25. The Morgan fingerprint density at radius 2 is 2.24 bits per heavy atom. The van der Waals surface area contributed by atoms with E-state index in [0.717, 1.165) is 30.6 Å². The molecule has 1 N–H and O–H groups in total. The van der Waals surface area contributed by atoms with Crippen LogP contribution < -0.4 is 10.2 Å². The Morgan fingerprint density at radius 1 is 1.52 bits per heavy atom. The first-order valence-corrected chi connectivity index (χ1v) is 7.23. The molecule has 114 valence electrons. The zero-order chi connectivity index (χ0) is 15.6. The normalized spacial score (nSPS) is 18.4. The summed E-state index contributed by atoms with van der Waals surface area (Å²) in [7, 11) is 0. The van der Waals surface area contributed by atoms with Gasteiger partial charge in [-0.25, -0.2) is 0 Å². The summed E-state index contributed by atoms with van der Waals surface area (Å²) in [5.74, 6) is -0.0478. The van der Waals surface area contributed by atoms with E-state index in [1.807, 2.05) is 6.92 Å². The third kappa shape index (κ3) is 3.64. The molecule has 21 heavy (non-hydrogen) atoms. The summed E-state index contributed by atoms with van der Waals surface area (Å²) in [6, 6.07) is 3.00.